The van der Waals surface area contributed by atoms with Crippen LogP contribution in [0.25, 0.3) is 0 Å². The number of anilines is 2. The van der Waals surface area contributed by atoms with Crippen LogP contribution in [0.3, 0.4) is 0 Å². The molecular formula is C38H44N10O11. The summed E-state index contributed by atoms with van der Waals surface area (Å²) in [5.74, 6) is -3.16. The third-order valence-electron chi connectivity index (χ3n) is 8.10. The van der Waals surface area contributed by atoms with Crippen molar-refractivity contribution in [3.63, 3.8) is 0 Å². The maximum Gasteiger partial charge on any atom is 0.413 e. The first-order chi connectivity index (χ1) is 28.4. The molecule has 0 unspecified atom stereocenters. The maximum absolute atomic E-state index is 13.0. The summed E-state index contributed by atoms with van der Waals surface area (Å²) in [6.45, 7) is 0.425. The van der Waals surface area contributed by atoms with Gasteiger partial charge in [0.2, 0.25) is 17.7 Å². The van der Waals surface area contributed by atoms with Crippen LogP contribution < -0.4 is 43.7 Å². The predicted octanol–water partition coefficient (Wildman–Crippen LogP) is 0.385. The second-order valence-electron chi connectivity index (χ2n) is 12.5. The van der Waals surface area contributed by atoms with Crippen molar-refractivity contribution < 1.29 is 43.0 Å². The molecule has 0 spiro atoms. The van der Waals surface area contributed by atoms with Crippen molar-refractivity contribution in [2.24, 2.45) is 5.73 Å². The molecule has 2 heterocycles. The van der Waals surface area contributed by atoms with Gasteiger partial charge in [0.1, 0.15) is 37.4 Å². The van der Waals surface area contributed by atoms with E-state index in [0.29, 0.717) is 0 Å². The zero-order valence-electron chi connectivity index (χ0n) is 32.0. The van der Waals surface area contributed by atoms with Gasteiger partial charge in [0.05, 0.1) is 19.2 Å². The van der Waals surface area contributed by atoms with Crippen LogP contribution in [0.5, 0.6) is 0 Å². The zero-order valence-corrected chi connectivity index (χ0v) is 32.0. The van der Waals surface area contributed by atoms with Gasteiger partial charge in [-0.3, -0.25) is 38.9 Å². The van der Waals surface area contributed by atoms with E-state index in [9.17, 15) is 38.4 Å². The monoisotopic (exact) mass is 816 g/mol. The largest absolute Gasteiger partial charge is 0.465 e. The van der Waals surface area contributed by atoms with E-state index in [1.807, 2.05) is 12.1 Å². The topological polar surface area (TPSA) is 286 Å². The molecule has 0 radical (unpaired) electrons. The lowest BCUT2D eigenvalue weighted by Gasteiger charge is -2.19. The number of nitrogens with two attached hydrogens (primary N) is 1. The van der Waals surface area contributed by atoms with Gasteiger partial charge in [-0.25, -0.2) is 19.2 Å². The lowest BCUT2D eigenvalue weighted by Crippen LogP contribution is -2.52. The number of nitrogens with one attached hydrogen (secondary N) is 5. The summed E-state index contributed by atoms with van der Waals surface area (Å²) in [5, 5.41) is 11.9. The molecule has 4 rings (SSSR count). The molecular weight excluding hydrogens is 772 g/mol. The summed E-state index contributed by atoms with van der Waals surface area (Å²) >= 11 is 0. The molecule has 0 aliphatic rings. The number of esters is 1. The number of carbonyl (C=O) groups is 6. The second kappa shape index (κ2) is 23.0. The Balaban J connectivity index is 1.25. The van der Waals surface area contributed by atoms with Crippen molar-refractivity contribution in [1.29, 1.82) is 0 Å². The van der Waals surface area contributed by atoms with Gasteiger partial charge in [-0.1, -0.05) is 60.7 Å². The molecule has 0 saturated heterocycles. The standard InChI is InChI=1S/C38H44N10O11/c1-2-57-32(50)22-41-34(52)28(14-18-48-20-16-30(44-36(48)54)46-38(56)59-24-26-11-7-4-8-12-26)42-31(49)21-40-33(51)27(39)13-17-47-19-15-29(43-35(47)53)45-37(55)58-23-25-9-5-3-6-10-25/h3-12,15-16,19-20,27-28H,2,13-14,17-18,21-24,39H2,1H3,(H,40,51)(H,41,52)(H,42,49)(H,43,45,53,55)(H,44,46,54,56)/t27-,28-/m0/s1. The highest BCUT2D eigenvalue weighted by atomic mass is 16.6. The van der Waals surface area contributed by atoms with Crippen molar-refractivity contribution in [3.05, 3.63) is 117 Å². The molecule has 0 fully saturated rings. The quantitative estimate of drug-likeness (QED) is 0.0520. The fourth-order valence-corrected chi connectivity index (χ4v) is 5.05. The van der Waals surface area contributed by atoms with Gasteiger partial charge in [-0.2, -0.15) is 9.97 Å². The third kappa shape index (κ3) is 15.6. The fourth-order valence-electron chi connectivity index (χ4n) is 5.05. The number of hydrogen-bond acceptors (Lipinski definition) is 14. The first-order valence-corrected chi connectivity index (χ1v) is 18.3. The summed E-state index contributed by atoms with van der Waals surface area (Å²) in [7, 11) is 0. The van der Waals surface area contributed by atoms with E-state index in [1.165, 1.54) is 29.1 Å². The Labute approximate surface area is 336 Å². The van der Waals surface area contributed by atoms with Gasteiger partial charge < -0.3 is 35.9 Å². The van der Waals surface area contributed by atoms with E-state index < -0.39 is 72.4 Å². The summed E-state index contributed by atoms with van der Waals surface area (Å²) in [4.78, 5) is 108. The van der Waals surface area contributed by atoms with Crippen LogP contribution in [-0.4, -0.2) is 86.8 Å². The highest BCUT2D eigenvalue weighted by Gasteiger charge is 2.23. The molecule has 21 heteroatoms. The van der Waals surface area contributed by atoms with E-state index in [0.717, 1.165) is 15.7 Å². The highest BCUT2D eigenvalue weighted by molar-refractivity contribution is 5.92. The molecule has 0 aliphatic carbocycles. The molecule has 59 heavy (non-hydrogen) atoms. The van der Waals surface area contributed by atoms with Crippen molar-refractivity contribution >= 4 is 47.5 Å². The van der Waals surface area contributed by atoms with E-state index in [-0.39, 0.29) is 57.4 Å². The molecule has 2 atom stereocenters. The Morgan fingerprint density at radius 1 is 0.661 bits per heavy atom. The van der Waals surface area contributed by atoms with E-state index >= 15 is 0 Å². The molecule has 2 aromatic carbocycles. The lowest BCUT2D eigenvalue weighted by molar-refractivity contribution is -0.143. The van der Waals surface area contributed by atoms with E-state index in [2.05, 4.69) is 36.6 Å². The molecule has 2 aromatic heterocycles. The van der Waals surface area contributed by atoms with E-state index in [4.69, 9.17) is 19.9 Å². The van der Waals surface area contributed by atoms with Crippen LogP contribution in [0.1, 0.15) is 30.9 Å². The van der Waals surface area contributed by atoms with Gasteiger partial charge in [0.25, 0.3) is 0 Å². The maximum atomic E-state index is 13.0. The third-order valence-corrected chi connectivity index (χ3v) is 8.10. The summed E-state index contributed by atoms with van der Waals surface area (Å²) in [6.07, 6.45) is 0.836. The molecule has 5 amide bonds. The van der Waals surface area contributed by atoms with Gasteiger partial charge in [-0.05, 0) is 43.0 Å². The molecule has 0 bridgehead atoms. The van der Waals surface area contributed by atoms with Gasteiger partial charge >= 0.3 is 29.5 Å². The molecule has 0 aliphatic heterocycles. The lowest BCUT2D eigenvalue weighted by atomic mass is 10.1. The van der Waals surface area contributed by atoms with Crippen LogP contribution in [0.2, 0.25) is 0 Å². The highest BCUT2D eigenvalue weighted by Crippen LogP contribution is 2.06. The van der Waals surface area contributed by atoms with Crippen molar-refractivity contribution in [3.8, 4) is 0 Å². The Morgan fingerprint density at radius 3 is 1.64 bits per heavy atom. The van der Waals surface area contributed by atoms with Crippen LogP contribution in [0.15, 0.2) is 94.8 Å². The number of rotatable bonds is 20. The summed E-state index contributed by atoms with van der Waals surface area (Å²) in [5.41, 5.74) is 6.01. The Hall–Kier alpha value is -7.42. The smallest absolute Gasteiger partial charge is 0.413 e. The van der Waals surface area contributed by atoms with Crippen LogP contribution in [0, 0.1) is 0 Å². The number of benzene rings is 2. The van der Waals surface area contributed by atoms with Gasteiger partial charge in [-0.15, -0.1) is 0 Å². The molecule has 312 valence electrons. The van der Waals surface area contributed by atoms with Crippen LogP contribution in [-0.2, 0) is 59.7 Å². The predicted molar refractivity (Wildman–Crippen MR) is 209 cm³/mol. The number of hydrogen-bond donors (Lipinski definition) is 6. The minimum atomic E-state index is -1.29. The van der Waals surface area contributed by atoms with E-state index in [1.54, 1.807) is 55.5 Å². The SMILES string of the molecule is CCOC(=O)CNC(=O)[C@H](CCn1ccc(NC(=O)OCc2ccccc2)nc1=O)NC(=O)CNC(=O)[C@@H](N)CCn1ccc(NC(=O)OCc2ccccc2)nc1=O. The molecule has 4 aromatic rings. The first-order valence-electron chi connectivity index (χ1n) is 18.3. The van der Waals surface area contributed by atoms with Crippen molar-refractivity contribution in [2.45, 2.75) is 58.2 Å². The van der Waals surface area contributed by atoms with Crippen molar-refractivity contribution in [1.82, 2.24) is 35.1 Å². The average Bonchev–Trinajstić information content (AvgIpc) is 3.23. The molecule has 0 saturated carbocycles. The Kier molecular flexibility index (Phi) is 17.2. The minimum absolute atomic E-state index is 0.00141. The average molecular weight is 817 g/mol. The number of aromatic nitrogens is 4. The number of ether oxygens (including phenoxy) is 3. The Morgan fingerprint density at radius 2 is 1.15 bits per heavy atom. The summed E-state index contributed by atoms with van der Waals surface area (Å²) in [6, 6.07) is 18.2. The number of carbonyl (C=O) groups excluding carboxylic acids is 6. The Bertz CT molecular complexity index is 2180. The van der Waals surface area contributed by atoms with Crippen LogP contribution >= 0.6 is 0 Å². The summed E-state index contributed by atoms with van der Waals surface area (Å²) < 4.78 is 17.4. The zero-order chi connectivity index (χ0) is 42.6. The second-order valence-corrected chi connectivity index (χ2v) is 12.5. The normalized spacial score (nSPS) is 11.6. The first kappa shape index (κ1) is 44.3. The van der Waals surface area contributed by atoms with Crippen LogP contribution in [0.4, 0.5) is 21.2 Å². The number of nitrogens with zero attached hydrogens (tertiary/aromatic N) is 4. The number of amides is 5. The minimum Gasteiger partial charge on any atom is -0.465 e. The molecule has 7 N–H and O–H groups in total. The van der Waals surface area contributed by atoms with Crippen molar-refractivity contribution in [2.75, 3.05) is 30.3 Å². The number of aryl methyl sites for hydroxylation is 2. The van der Waals surface area contributed by atoms with Gasteiger partial charge in [0, 0.05) is 25.5 Å². The molecule has 21 nitrogen and oxygen atoms in total. The van der Waals surface area contributed by atoms with Gasteiger partial charge in [0.15, 0.2) is 0 Å². The fraction of sp³-hybridized carbons (Fsp3) is 0.316.